The third-order valence-corrected chi connectivity index (χ3v) is 47.1. The smallest absolute Gasteiger partial charge is 0.0867 e. The maximum Gasteiger partial charge on any atom is 0.0867 e. The Morgan fingerprint density at radius 2 is 0.550 bits per heavy atom. The van der Waals surface area contributed by atoms with Gasteiger partial charge in [-0.2, -0.15) is 0 Å². The van der Waals surface area contributed by atoms with E-state index in [1.165, 1.54) is 194 Å². The predicted octanol–water partition coefficient (Wildman–Crippen LogP) is 20.5. The van der Waals surface area contributed by atoms with Crippen LogP contribution in [0.3, 0.4) is 0 Å². The van der Waals surface area contributed by atoms with Crippen LogP contribution >= 0.6 is 16.1 Å². The summed E-state index contributed by atoms with van der Waals surface area (Å²) in [5, 5.41) is 13.2. The molecule has 5 rings (SSSR count). The Balaban J connectivity index is 1.96. The van der Waals surface area contributed by atoms with Crippen LogP contribution in [0.4, 0.5) is 0 Å². The second-order valence-electron chi connectivity index (χ2n) is 25.1. The van der Waals surface area contributed by atoms with Gasteiger partial charge in [-0.3, -0.25) is 0 Å². The van der Waals surface area contributed by atoms with Crippen LogP contribution in [0.15, 0.2) is 127 Å². The van der Waals surface area contributed by atoms with E-state index in [-0.39, 0.29) is 0 Å². The lowest BCUT2D eigenvalue weighted by atomic mass is 10.2. The van der Waals surface area contributed by atoms with E-state index in [0.717, 1.165) is 6.54 Å². The van der Waals surface area contributed by atoms with E-state index < -0.39 is 48.4 Å². The summed E-state index contributed by atoms with van der Waals surface area (Å²) in [4.78, 5) is 0. The molecule has 0 fully saturated rings. The average molecular weight is 1190 g/mol. The van der Waals surface area contributed by atoms with Crippen molar-refractivity contribution in [1.29, 1.82) is 0 Å². The second-order valence-corrected chi connectivity index (χ2v) is 48.2. The fourth-order valence-corrected chi connectivity index (χ4v) is 43.1. The minimum Gasteiger partial charge on any atom is -0.240 e. The molecular formula is C73H119NP2Si4. The molecular weight excluding hydrogens is 1070 g/mol. The SMILES string of the molecule is CCCC[Si](CCCC)(CCCC)c1ccc(P(c2ccc([Si](CCCC)(CCCC)CCCC)cc2)N(Cc2ccccc2)P(c2cccc([Si](CCC)(CCC)CCC)c2)c2cccc([Si](CCC)(CCC)CCC)c2)cc1. The molecule has 0 heterocycles. The summed E-state index contributed by atoms with van der Waals surface area (Å²) in [6.07, 6.45) is 23.7. The van der Waals surface area contributed by atoms with Gasteiger partial charge in [-0.15, -0.1) is 0 Å². The Morgan fingerprint density at radius 3 is 0.838 bits per heavy atom. The van der Waals surface area contributed by atoms with Gasteiger partial charge in [-0.1, -0.05) is 419 Å². The zero-order valence-electron chi connectivity index (χ0n) is 53.9. The maximum absolute atomic E-state index is 3.17. The van der Waals surface area contributed by atoms with Gasteiger partial charge in [0.1, 0.15) is 0 Å². The number of unbranched alkanes of at least 4 members (excludes halogenated alkanes) is 6. The molecule has 0 spiro atoms. The molecule has 0 atom stereocenters. The summed E-state index contributed by atoms with van der Waals surface area (Å²) < 4.78 is 3.17. The zero-order chi connectivity index (χ0) is 57.7. The van der Waals surface area contributed by atoms with E-state index >= 15 is 0 Å². The van der Waals surface area contributed by atoms with Crippen LogP contribution in [0, 0.1) is 0 Å². The van der Waals surface area contributed by atoms with Crippen molar-refractivity contribution in [1.82, 2.24) is 4.44 Å². The first-order valence-corrected chi connectivity index (χ1v) is 47.0. The molecule has 0 amide bonds. The Bertz CT molecular complexity index is 2200. The topological polar surface area (TPSA) is 3.24 Å². The van der Waals surface area contributed by atoms with E-state index in [2.05, 4.69) is 215 Å². The second kappa shape index (κ2) is 36.6. The Morgan fingerprint density at radius 1 is 0.263 bits per heavy atom. The highest BCUT2D eigenvalue weighted by Gasteiger charge is 2.40. The van der Waals surface area contributed by atoms with Gasteiger partial charge in [0.25, 0.3) is 0 Å². The van der Waals surface area contributed by atoms with Gasteiger partial charge in [0.15, 0.2) is 0 Å². The highest BCUT2D eigenvalue weighted by Crippen LogP contribution is 2.55. The first-order valence-electron chi connectivity index (χ1n) is 33.9. The Hall–Kier alpha value is -2.21. The third-order valence-electron chi connectivity index (χ3n) is 18.9. The minimum atomic E-state index is -1.78. The molecule has 0 saturated heterocycles. The first-order chi connectivity index (χ1) is 39.0. The molecule has 1 nitrogen and oxygen atoms in total. The fraction of sp³-hybridized carbons (Fsp3) is 0.589. The van der Waals surface area contributed by atoms with Crippen molar-refractivity contribution in [2.24, 2.45) is 0 Å². The maximum atomic E-state index is 3.17. The average Bonchev–Trinajstić information content (AvgIpc) is 3.61. The standard InChI is InChI=1S/C73H119NP2Si4/c1-13-25-56-79(57-26-14-2,58-27-15-3)70-46-42-66(43-47-70)75(67-44-48-71(49-45-67)80(59-28-16-4,60-29-17-5)61-30-18-6)74(64-65-36-32-31-33-37-65)76(68-38-34-40-72(62-68)77(50-19-7,51-20-8)52-21-9)69-39-35-41-73(63-69)78(53-22-10,54-23-11)55-24-12/h31-49,62-63H,13-30,50-61,64H2,1-12H3. The van der Waals surface area contributed by atoms with Crippen LogP contribution in [0.2, 0.25) is 72.5 Å². The molecule has 0 aromatic heterocycles. The van der Waals surface area contributed by atoms with Gasteiger partial charge >= 0.3 is 0 Å². The molecule has 7 heteroatoms. The quantitative estimate of drug-likeness (QED) is 0.0278. The number of nitrogens with zero attached hydrogens (tertiary/aromatic N) is 1. The Labute approximate surface area is 502 Å². The summed E-state index contributed by atoms with van der Waals surface area (Å²) in [5.41, 5.74) is 1.43. The van der Waals surface area contributed by atoms with Crippen molar-refractivity contribution in [2.75, 3.05) is 0 Å². The van der Waals surface area contributed by atoms with Gasteiger partial charge in [0, 0.05) is 22.7 Å². The van der Waals surface area contributed by atoms with E-state index in [4.69, 9.17) is 0 Å². The van der Waals surface area contributed by atoms with Crippen molar-refractivity contribution in [3.63, 3.8) is 0 Å². The van der Waals surface area contributed by atoms with E-state index in [1.807, 2.05) is 0 Å². The largest absolute Gasteiger partial charge is 0.240 e. The zero-order valence-corrected chi connectivity index (χ0v) is 59.7. The number of rotatable bonds is 42. The summed E-state index contributed by atoms with van der Waals surface area (Å²) in [5.74, 6) is 0. The first kappa shape index (κ1) is 68.6. The molecule has 0 N–H and O–H groups in total. The van der Waals surface area contributed by atoms with Gasteiger partial charge in [-0.05, 0) is 26.8 Å². The summed E-state index contributed by atoms with van der Waals surface area (Å²) >= 11 is 0. The third kappa shape index (κ3) is 18.4. The van der Waals surface area contributed by atoms with Crippen LogP contribution in [-0.4, -0.2) is 36.7 Å². The van der Waals surface area contributed by atoms with E-state index in [9.17, 15) is 0 Å². The molecule has 0 radical (unpaired) electrons. The molecule has 0 aliphatic rings. The molecule has 0 saturated carbocycles. The molecule has 0 unspecified atom stereocenters. The highest BCUT2D eigenvalue weighted by molar-refractivity contribution is 7.84. The van der Waals surface area contributed by atoms with E-state index in [1.54, 1.807) is 42.0 Å². The van der Waals surface area contributed by atoms with E-state index in [0.29, 0.717) is 0 Å². The summed E-state index contributed by atoms with van der Waals surface area (Å²) in [6, 6.07) is 71.7. The lowest BCUT2D eigenvalue weighted by Gasteiger charge is -2.41. The number of hydrogen-bond donors (Lipinski definition) is 0. The molecule has 5 aromatic rings. The number of hydrogen-bond acceptors (Lipinski definition) is 1. The Kier molecular flexibility index (Phi) is 31.4. The van der Waals surface area contributed by atoms with Crippen molar-refractivity contribution in [3.8, 4) is 0 Å². The molecule has 442 valence electrons. The van der Waals surface area contributed by atoms with Crippen molar-refractivity contribution in [3.05, 3.63) is 133 Å². The van der Waals surface area contributed by atoms with Crippen LogP contribution < -0.4 is 42.0 Å². The lowest BCUT2D eigenvalue weighted by Crippen LogP contribution is -2.49. The normalized spacial score (nSPS) is 12.6. The van der Waals surface area contributed by atoms with Crippen LogP contribution in [0.5, 0.6) is 0 Å². The molecule has 0 aliphatic carbocycles. The van der Waals surface area contributed by atoms with Gasteiger partial charge in [0.2, 0.25) is 0 Å². The summed E-state index contributed by atoms with van der Waals surface area (Å²) in [7, 11) is -9.00. The van der Waals surface area contributed by atoms with Crippen LogP contribution in [0.1, 0.15) is 204 Å². The monoisotopic (exact) mass is 1180 g/mol. The molecule has 0 aliphatic heterocycles. The van der Waals surface area contributed by atoms with Crippen molar-refractivity contribution >= 4 is 90.4 Å². The van der Waals surface area contributed by atoms with Crippen LogP contribution in [0.25, 0.3) is 0 Å². The van der Waals surface area contributed by atoms with Crippen LogP contribution in [-0.2, 0) is 6.54 Å². The minimum absolute atomic E-state index is 0.920. The predicted molar refractivity (Wildman–Crippen MR) is 381 cm³/mol. The van der Waals surface area contributed by atoms with Gasteiger partial charge in [0.05, 0.1) is 32.3 Å². The highest BCUT2D eigenvalue weighted by atomic mass is 31.2. The fourth-order valence-electron chi connectivity index (χ4n) is 14.9. The lowest BCUT2D eigenvalue weighted by molar-refractivity contribution is 0.717. The van der Waals surface area contributed by atoms with Gasteiger partial charge < -0.3 is 0 Å². The molecule has 0 bridgehead atoms. The summed E-state index contributed by atoms with van der Waals surface area (Å²) in [6.45, 7) is 30.3. The van der Waals surface area contributed by atoms with Gasteiger partial charge in [-0.25, -0.2) is 4.44 Å². The number of benzene rings is 5. The van der Waals surface area contributed by atoms with Crippen molar-refractivity contribution in [2.45, 2.75) is 278 Å². The molecule has 5 aromatic carbocycles. The molecule has 80 heavy (non-hydrogen) atoms. The van der Waals surface area contributed by atoms with Crippen molar-refractivity contribution < 1.29 is 0 Å².